The molecule has 27 heavy (non-hydrogen) atoms. The number of nitrogens with one attached hydrogen (secondary N) is 2. The van der Waals surface area contributed by atoms with Gasteiger partial charge in [-0.3, -0.25) is 9.59 Å². The molecule has 0 radical (unpaired) electrons. The Hall–Kier alpha value is -2.77. The molecule has 0 fully saturated rings. The number of ether oxygens (including phenoxy) is 2. The molecule has 1 heterocycles. The molecule has 2 N–H and O–H groups in total. The molecular weight excluding hydrogens is 393 g/mol. The van der Waals surface area contributed by atoms with Crippen LogP contribution < -0.4 is 20.2 Å². The number of carbonyl (C=O) groups is 2. The number of rotatable bonds is 5. The van der Waals surface area contributed by atoms with Gasteiger partial charge in [0.25, 0.3) is 0 Å². The highest BCUT2D eigenvalue weighted by molar-refractivity contribution is 6.42. The van der Waals surface area contributed by atoms with Crippen molar-refractivity contribution in [3.8, 4) is 11.5 Å². The van der Waals surface area contributed by atoms with E-state index < -0.39 is 18.2 Å². The quantitative estimate of drug-likeness (QED) is 0.452. The van der Waals surface area contributed by atoms with Crippen LogP contribution in [0.2, 0.25) is 10.0 Å². The lowest BCUT2D eigenvalue weighted by molar-refractivity contribution is -0.126. The van der Waals surface area contributed by atoms with Crippen LogP contribution in [-0.2, 0) is 9.59 Å². The molecule has 1 aliphatic rings. The molecule has 0 saturated heterocycles. The number of hydrogen-bond acceptors (Lipinski definition) is 5. The number of carbonyl (C=O) groups excluding carboxylic acids is 2. The third-order valence-electron chi connectivity index (χ3n) is 3.49. The molecule has 1 aliphatic heterocycles. The second-order valence-electron chi connectivity index (χ2n) is 5.55. The Kier molecular flexibility index (Phi) is 6.16. The van der Waals surface area contributed by atoms with Crippen molar-refractivity contribution >= 4 is 46.9 Å². The highest BCUT2D eigenvalue weighted by Gasteiger charge is 2.12. The minimum atomic E-state index is -0.554. The second kappa shape index (κ2) is 8.75. The zero-order valence-electron chi connectivity index (χ0n) is 14.0. The summed E-state index contributed by atoms with van der Waals surface area (Å²) in [5, 5.41) is 7.08. The predicted molar refractivity (Wildman–Crippen MR) is 103 cm³/mol. The Labute approximate surface area is 165 Å². The van der Waals surface area contributed by atoms with Gasteiger partial charge >= 0.3 is 0 Å². The molecule has 7 nitrogen and oxygen atoms in total. The zero-order chi connectivity index (χ0) is 19.2. The fraction of sp³-hybridized carbons (Fsp3) is 0.167. The third kappa shape index (κ3) is 5.35. The van der Waals surface area contributed by atoms with Crippen LogP contribution in [0.5, 0.6) is 11.5 Å². The van der Waals surface area contributed by atoms with Crippen LogP contribution in [0.4, 0.5) is 5.69 Å². The number of halogens is 2. The van der Waals surface area contributed by atoms with Crippen molar-refractivity contribution < 1.29 is 19.1 Å². The SMILES string of the molecule is O=C(CC(=O)Nc1ccc(Cl)c(Cl)c1)N/N=C\c1ccc2c(c1)OCCO2. The van der Waals surface area contributed by atoms with E-state index in [1.807, 2.05) is 0 Å². The van der Waals surface area contributed by atoms with Crippen LogP contribution in [-0.4, -0.2) is 31.2 Å². The van der Waals surface area contributed by atoms with E-state index in [0.717, 1.165) is 5.56 Å². The molecule has 0 saturated carbocycles. The maximum Gasteiger partial charge on any atom is 0.249 e. The molecular formula is C18H15Cl2N3O4. The summed E-state index contributed by atoms with van der Waals surface area (Å²) in [4.78, 5) is 23.7. The fourth-order valence-corrected chi connectivity index (χ4v) is 2.58. The minimum Gasteiger partial charge on any atom is -0.486 e. The van der Waals surface area contributed by atoms with E-state index >= 15 is 0 Å². The van der Waals surface area contributed by atoms with Gasteiger partial charge in [0.2, 0.25) is 11.8 Å². The van der Waals surface area contributed by atoms with E-state index in [9.17, 15) is 9.59 Å². The number of benzene rings is 2. The first-order valence-corrected chi connectivity index (χ1v) is 8.73. The van der Waals surface area contributed by atoms with Crippen LogP contribution in [0, 0.1) is 0 Å². The summed E-state index contributed by atoms with van der Waals surface area (Å²) < 4.78 is 10.9. The average molecular weight is 408 g/mol. The molecule has 0 unspecified atom stereocenters. The number of nitrogens with zero attached hydrogens (tertiary/aromatic N) is 1. The first-order chi connectivity index (χ1) is 13.0. The Balaban J connectivity index is 1.49. The minimum absolute atomic E-state index is 0.308. The van der Waals surface area contributed by atoms with Crippen molar-refractivity contribution in [3.05, 3.63) is 52.0 Å². The Morgan fingerprint density at radius 2 is 1.78 bits per heavy atom. The summed E-state index contributed by atoms with van der Waals surface area (Å²) in [6, 6.07) is 9.94. The predicted octanol–water partition coefficient (Wildman–Crippen LogP) is 3.24. The van der Waals surface area contributed by atoms with Gasteiger partial charge in [-0.25, -0.2) is 5.43 Å². The molecule has 9 heteroatoms. The largest absolute Gasteiger partial charge is 0.486 e. The van der Waals surface area contributed by atoms with Gasteiger partial charge in [0, 0.05) is 5.69 Å². The first-order valence-electron chi connectivity index (χ1n) is 7.98. The van der Waals surface area contributed by atoms with E-state index in [-0.39, 0.29) is 0 Å². The van der Waals surface area contributed by atoms with Crippen LogP contribution in [0.3, 0.4) is 0 Å². The Morgan fingerprint density at radius 1 is 1.00 bits per heavy atom. The topological polar surface area (TPSA) is 89.0 Å². The van der Waals surface area contributed by atoms with Gasteiger partial charge in [0.1, 0.15) is 19.6 Å². The van der Waals surface area contributed by atoms with Gasteiger partial charge in [-0.2, -0.15) is 5.10 Å². The molecule has 140 valence electrons. The molecule has 3 rings (SSSR count). The van der Waals surface area contributed by atoms with E-state index in [0.29, 0.717) is 40.4 Å². The van der Waals surface area contributed by atoms with Crippen LogP contribution in [0.1, 0.15) is 12.0 Å². The van der Waals surface area contributed by atoms with Crippen molar-refractivity contribution in [3.63, 3.8) is 0 Å². The van der Waals surface area contributed by atoms with Crippen molar-refractivity contribution in [1.29, 1.82) is 0 Å². The first kappa shape index (κ1) is 19.0. The monoisotopic (exact) mass is 407 g/mol. The molecule has 0 aliphatic carbocycles. The van der Waals surface area contributed by atoms with Crippen LogP contribution in [0.15, 0.2) is 41.5 Å². The van der Waals surface area contributed by atoms with Crippen molar-refractivity contribution in [2.75, 3.05) is 18.5 Å². The Bertz CT molecular complexity index is 902. The summed E-state index contributed by atoms with van der Waals surface area (Å²) in [7, 11) is 0. The molecule has 0 bridgehead atoms. The number of hydrogen-bond donors (Lipinski definition) is 2. The van der Waals surface area contributed by atoms with Crippen LogP contribution in [0.25, 0.3) is 0 Å². The lowest BCUT2D eigenvalue weighted by atomic mass is 10.2. The van der Waals surface area contributed by atoms with E-state index in [2.05, 4.69) is 15.8 Å². The maximum absolute atomic E-state index is 11.9. The highest BCUT2D eigenvalue weighted by atomic mass is 35.5. The standard InChI is InChI=1S/C18H15Cl2N3O4/c19-13-3-2-12(8-14(13)20)22-17(24)9-18(25)23-21-10-11-1-4-15-16(7-11)27-6-5-26-15/h1-4,7-8,10H,5-6,9H2,(H,22,24)(H,23,25)/b21-10-. The van der Waals surface area contributed by atoms with Gasteiger partial charge in [-0.05, 0) is 42.0 Å². The van der Waals surface area contributed by atoms with Crippen molar-refractivity contribution in [2.45, 2.75) is 6.42 Å². The summed E-state index contributed by atoms with van der Waals surface area (Å²) in [6.07, 6.45) is 1.06. The molecule has 2 aromatic rings. The smallest absolute Gasteiger partial charge is 0.249 e. The van der Waals surface area contributed by atoms with Crippen molar-refractivity contribution in [1.82, 2.24) is 5.43 Å². The lowest BCUT2D eigenvalue weighted by Crippen LogP contribution is -2.24. The van der Waals surface area contributed by atoms with E-state index in [1.54, 1.807) is 30.3 Å². The molecule has 2 amide bonds. The number of fused-ring (bicyclic) bond motifs is 1. The second-order valence-corrected chi connectivity index (χ2v) is 6.36. The number of hydrazone groups is 1. The maximum atomic E-state index is 11.9. The summed E-state index contributed by atoms with van der Waals surface area (Å²) in [6.45, 7) is 0.999. The number of anilines is 1. The average Bonchev–Trinajstić information content (AvgIpc) is 2.64. The van der Waals surface area contributed by atoms with Crippen LogP contribution >= 0.6 is 23.2 Å². The molecule has 0 spiro atoms. The van der Waals surface area contributed by atoms with Gasteiger partial charge in [-0.15, -0.1) is 0 Å². The third-order valence-corrected chi connectivity index (χ3v) is 4.23. The highest BCUT2D eigenvalue weighted by Crippen LogP contribution is 2.30. The summed E-state index contributed by atoms with van der Waals surface area (Å²) in [5.74, 6) is 0.237. The number of amides is 2. The molecule has 0 atom stereocenters. The van der Waals surface area contributed by atoms with Gasteiger partial charge in [-0.1, -0.05) is 23.2 Å². The molecule has 0 aromatic heterocycles. The van der Waals surface area contributed by atoms with Gasteiger partial charge in [0.15, 0.2) is 11.5 Å². The van der Waals surface area contributed by atoms with Gasteiger partial charge in [0.05, 0.1) is 16.3 Å². The Morgan fingerprint density at radius 3 is 2.56 bits per heavy atom. The van der Waals surface area contributed by atoms with E-state index in [4.69, 9.17) is 32.7 Å². The molecule has 2 aromatic carbocycles. The zero-order valence-corrected chi connectivity index (χ0v) is 15.5. The van der Waals surface area contributed by atoms with Crippen molar-refractivity contribution in [2.24, 2.45) is 5.10 Å². The normalized spacial score (nSPS) is 12.7. The van der Waals surface area contributed by atoms with Gasteiger partial charge < -0.3 is 14.8 Å². The van der Waals surface area contributed by atoms with E-state index in [1.165, 1.54) is 12.3 Å². The summed E-state index contributed by atoms with van der Waals surface area (Å²) >= 11 is 11.7. The summed E-state index contributed by atoms with van der Waals surface area (Å²) in [5.41, 5.74) is 3.47. The fourth-order valence-electron chi connectivity index (χ4n) is 2.28. The lowest BCUT2D eigenvalue weighted by Gasteiger charge is -2.18.